The number of carboxylic acids is 3. The Bertz CT molecular complexity index is 1440. The predicted octanol–water partition coefficient (Wildman–Crippen LogP) is 5.96. The highest BCUT2D eigenvalue weighted by Gasteiger charge is 2.49. The van der Waals surface area contributed by atoms with Gasteiger partial charge in [-0.05, 0) is 81.9 Å². The third-order valence-corrected chi connectivity index (χ3v) is 7.93. The van der Waals surface area contributed by atoms with E-state index in [2.05, 4.69) is 35.9 Å². The number of ketones is 1. The molecular weight excluding hydrogens is 654 g/mol. The van der Waals surface area contributed by atoms with Gasteiger partial charge in [0.2, 0.25) is 5.91 Å². The van der Waals surface area contributed by atoms with Crippen molar-refractivity contribution in [2.75, 3.05) is 6.61 Å². The van der Waals surface area contributed by atoms with Crippen LogP contribution in [0.1, 0.15) is 117 Å². The van der Waals surface area contributed by atoms with Crippen LogP contribution in [-0.2, 0) is 30.4 Å². The summed E-state index contributed by atoms with van der Waals surface area (Å²) in [5.41, 5.74) is -2.69. The van der Waals surface area contributed by atoms with Crippen LogP contribution in [0.3, 0.4) is 0 Å². The van der Waals surface area contributed by atoms with Crippen molar-refractivity contribution in [1.29, 1.82) is 0 Å². The first-order chi connectivity index (χ1) is 24.1. The topological polar surface area (TPSA) is 188 Å². The van der Waals surface area contributed by atoms with E-state index in [0.29, 0.717) is 37.0 Å². The molecule has 3 atom stereocenters. The first-order valence-electron chi connectivity index (χ1n) is 17.7. The number of carbonyl (C=O) groups excluding carboxylic acids is 2. The van der Waals surface area contributed by atoms with Gasteiger partial charge in [-0.2, -0.15) is 0 Å². The minimum atomic E-state index is -3.04. The molecule has 0 radical (unpaired) electrons. The van der Waals surface area contributed by atoms with Crippen LogP contribution in [0.15, 0.2) is 36.4 Å². The Kier molecular flexibility index (Phi) is 20.7. The molecule has 280 valence electrons. The van der Waals surface area contributed by atoms with Crippen molar-refractivity contribution in [2.24, 2.45) is 11.3 Å². The number of allylic oxidation sites excluding steroid dienone is 1. The zero-order valence-electron chi connectivity index (χ0n) is 30.5. The molecule has 1 aromatic rings. The van der Waals surface area contributed by atoms with Gasteiger partial charge < -0.3 is 30.5 Å². The summed E-state index contributed by atoms with van der Waals surface area (Å²) in [7, 11) is 0. The van der Waals surface area contributed by atoms with Crippen LogP contribution in [0.5, 0.6) is 5.75 Å². The number of Topliss-reactive ketones (excluding diaryl/α,β-unsaturated/α-hetero) is 1. The van der Waals surface area contributed by atoms with Crippen LogP contribution in [0.4, 0.5) is 0 Å². The molecule has 0 spiro atoms. The summed E-state index contributed by atoms with van der Waals surface area (Å²) in [6.07, 6.45) is 11.1. The van der Waals surface area contributed by atoms with Crippen LogP contribution in [0, 0.1) is 35.0 Å². The number of rotatable bonds is 25. The lowest BCUT2D eigenvalue weighted by atomic mass is 9.82. The second kappa shape index (κ2) is 23.7. The van der Waals surface area contributed by atoms with Crippen molar-refractivity contribution in [3.63, 3.8) is 0 Å². The Morgan fingerprint density at radius 1 is 0.863 bits per heavy atom. The average molecular weight is 710 g/mol. The molecule has 0 saturated carbocycles. The van der Waals surface area contributed by atoms with E-state index in [1.54, 1.807) is 24.3 Å². The molecule has 1 amide bonds. The fourth-order valence-corrected chi connectivity index (χ4v) is 5.07. The molecule has 0 aliphatic heterocycles. The molecule has 11 heteroatoms. The molecule has 0 bridgehead atoms. The maximum absolute atomic E-state index is 13.4. The summed E-state index contributed by atoms with van der Waals surface area (Å²) in [5, 5.41) is 42.2. The maximum atomic E-state index is 13.4. The highest BCUT2D eigenvalue weighted by Crippen LogP contribution is 2.26. The molecule has 0 heterocycles. The first kappa shape index (κ1) is 44.4. The quantitative estimate of drug-likeness (QED) is 0.0460. The van der Waals surface area contributed by atoms with Crippen molar-refractivity contribution in [3.8, 4) is 29.4 Å². The summed E-state index contributed by atoms with van der Waals surface area (Å²) >= 11 is 0. The Balaban J connectivity index is 2.85. The monoisotopic (exact) mass is 709 g/mol. The van der Waals surface area contributed by atoms with Crippen molar-refractivity contribution < 1.29 is 49.1 Å². The van der Waals surface area contributed by atoms with E-state index in [0.717, 1.165) is 51.0 Å². The van der Waals surface area contributed by atoms with Gasteiger partial charge in [-0.15, -0.1) is 0 Å². The van der Waals surface area contributed by atoms with Crippen molar-refractivity contribution in [3.05, 3.63) is 42.0 Å². The number of carbonyl (C=O) groups is 5. The lowest BCUT2D eigenvalue weighted by Crippen LogP contribution is -2.55. The fraction of sp³-hybridized carbons (Fsp3) is 0.575. The molecule has 0 aliphatic rings. The predicted molar refractivity (Wildman–Crippen MR) is 194 cm³/mol. The SMILES string of the molecule is CCCCCCCC(=O)CCCCCC/C=C/[C@H](C(=O)N[C@@H](Cc1ccc(OCC#CC#CC(C)(C)C)cc1)C(=O)O)[C@@](O)(CC(=O)O)C(=O)O. The summed E-state index contributed by atoms with van der Waals surface area (Å²) in [5.74, 6) is 3.95. The smallest absolute Gasteiger partial charge is 0.337 e. The second-order valence-electron chi connectivity index (χ2n) is 13.7. The van der Waals surface area contributed by atoms with E-state index in [-0.39, 0.29) is 24.2 Å². The van der Waals surface area contributed by atoms with Gasteiger partial charge in [-0.1, -0.05) is 75.7 Å². The molecule has 5 N–H and O–H groups in total. The highest BCUT2D eigenvalue weighted by atomic mass is 16.5. The number of amides is 1. The Morgan fingerprint density at radius 3 is 2.02 bits per heavy atom. The molecule has 0 aliphatic carbocycles. The Labute approximate surface area is 302 Å². The van der Waals surface area contributed by atoms with Crippen LogP contribution >= 0.6 is 0 Å². The van der Waals surface area contributed by atoms with Crippen molar-refractivity contribution in [1.82, 2.24) is 5.32 Å². The Morgan fingerprint density at radius 2 is 1.47 bits per heavy atom. The van der Waals surface area contributed by atoms with Gasteiger partial charge in [0, 0.05) is 24.7 Å². The molecule has 11 nitrogen and oxygen atoms in total. The number of nitrogens with one attached hydrogen (secondary N) is 1. The normalized spacial score (nSPS) is 13.4. The minimum absolute atomic E-state index is 0.0873. The number of carboxylic acid groups (broad SMARTS) is 3. The van der Waals surface area contributed by atoms with E-state index >= 15 is 0 Å². The van der Waals surface area contributed by atoms with Gasteiger partial charge in [0.05, 0.1) is 12.3 Å². The lowest BCUT2D eigenvalue weighted by molar-refractivity contribution is -0.172. The number of hydrogen-bond donors (Lipinski definition) is 5. The number of ether oxygens (including phenoxy) is 1. The molecule has 0 aromatic heterocycles. The largest absolute Gasteiger partial charge is 0.481 e. The van der Waals surface area contributed by atoms with Gasteiger partial charge in [0.25, 0.3) is 0 Å². The van der Waals surface area contributed by atoms with Gasteiger partial charge in [0.1, 0.15) is 24.2 Å². The summed E-state index contributed by atoms with van der Waals surface area (Å²) in [4.78, 5) is 61.1. The van der Waals surface area contributed by atoms with Crippen LogP contribution in [0.2, 0.25) is 0 Å². The van der Waals surface area contributed by atoms with Crippen molar-refractivity contribution in [2.45, 2.75) is 129 Å². The molecule has 51 heavy (non-hydrogen) atoms. The summed E-state index contributed by atoms with van der Waals surface area (Å²) < 4.78 is 5.56. The molecule has 1 rings (SSSR count). The van der Waals surface area contributed by atoms with E-state index in [9.17, 15) is 44.4 Å². The van der Waals surface area contributed by atoms with Gasteiger partial charge in [0.15, 0.2) is 5.60 Å². The first-order valence-corrected chi connectivity index (χ1v) is 17.7. The number of benzene rings is 1. The van der Waals surface area contributed by atoms with Crippen LogP contribution in [0.25, 0.3) is 0 Å². The number of aliphatic carboxylic acids is 3. The zero-order valence-corrected chi connectivity index (χ0v) is 30.5. The summed E-state index contributed by atoms with van der Waals surface area (Å²) in [6, 6.07) is 4.89. The molecule has 0 saturated heterocycles. The fourth-order valence-electron chi connectivity index (χ4n) is 5.07. The van der Waals surface area contributed by atoms with Crippen molar-refractivity contribution >= 4 is 29.6 Å². The lowest BCUT2D eigenvalue weighted by Gasteiger charge is -2.29. The third-order valence-electron chi connectivity index (χ3n) is 7.93. The van der Waals surface area contributed by atoms with E-state index in [4.69, 9.17) is 4.74 Å². The van der Waals surface area contributed by atoms with E-state index in [1.807, 2.05) is 20.8 Å². The van der Waals surface area contributed by atoms with E-state index in [1.165, 1.54) is 12.5 Å². The van der Waals surface area contributed by atoms with E-state index < -0.39 is 47.8 Å². The van der Waals surface area contributed by atoms with Gasteiger partial charge >= 0.3 is 17.9 Å². The molecule has 0 fully saturated rings. The molecule has 0 unspecified atom stereocenters. The average Bonchev–Trinajstić information content (AvgIpc) is 3.04. The van der Waals surface area contributed by atoms with Gasteiger partial charge in [-0.3, -0.25) is 14.4 Å². The number of hydrogen-bond acceptors (Lipinski definition) is 7. The number of aliphatic hydroxyl groups is 1. The maximum Gasteiger partial charge on any atom is 0.337 e. The standard InChI is InChI=1S/C40H55NO10/c1-5-6-7-10-14-19-31(42)20-15-11-8-9-12-16-21-33(40(50,38(48)49)29-35(43)44)36(45)41-34(37(46)47)28-30-22-24-32(25-23-30)51-27-18-13-17-26-39(2,3)4/h16,21-25,33-34,50H,5-12,14-15,19-20,27-29H2,1-4H3,(H,41,45)(H,43,44)(H,46,47)(H,48,49)/b21-16+/t33-,34+,40+/m1/s1. The molecule has 1 aromatic carbocycles. The van der Waals surface area contributed by atoms with Gasteiger partial charge in [-0.25, -0.2) is 9.59 Å². The second-order valence-corrected chi connectivity index (χ2v) is 13.7. The minimum Gasteiger partial charge on any atom is -0.481 e. The van der Waals surface area contributed by atoms with Crippen LogP contribution < -0.4 is 10.1 Å². The Hall–Kier alpha value is -4.61. The highest BCUT2D eigenvalue weighted by molar-refractivity contribution is 5.94. The third kappa shape index (κ3) is 19.4. The summed E-state index contributed by atoms with van der Waals surface area (Å²) in [6.45, 7) is 8.15. The number of unbranched alkanes of at least 4 members (excludes halogenated alkanes) is 8. The molecular formula is C40H55NO10. The van der Waals surface area contributed by atoms with Crippen LogP contribution in [-0.4, -0.2) is 68.3 Å². The zero-order chi connectivity index (χ0) is 38.3.